The summed E-state index contributed by atoms with van der Waals surface area (Å²) in [6.45, 7) is 3.85. The number of alkyl halides is 1. The molecule has 6 heteroatoms. The quantitative estimate of drug-likeness (QED) is 0.632. The van der Waals surface area contributed by atoms with Gasteiger partial charge >= 0.3 is 0 Å². The van der Waals surface area contributed by atoms with Crippen molar-refractivity contribution in [3.05, 3.63) is 49.6 Å². The van der Waals surface area contributed by atoms with Crippen LogP contribution in [0.3, 0.4) is 0 Å². The lowest BCUT2D eigenvalue weighted by molar-refractivity contribution is -0.119. The molecule has 1 aliphatic rings. The molecular weight excluding hydrogens is 393 g/mol. The first-order chi connectivity index (χ1) is 9.80. The summed E-state index contributed by atoms with van der Waals surface area (Å²) in [7, 11) is 0. The predicted molar refractivity (Wildman–Crippen MR) is 93.2 cm³/mol. The third-order valence-corrected chi connectivity index (χ3v) is 6.32. The molecule has 110 valence electrons. The molecule has 0 aliphatic carbocycles. The average molecular weight is 405 g/mol. The highest BCUT2D eigenvalue weighted by Gasteiger charge is 2.38. The first-order valence-corrected chi connectivity index (χ1v) is 8.84. The molecule has 0 radical (unpaired) electrons. The maximum atomic E-state index is 12.0. The first kappa shape index (κ1) is 15.3. The molecule has 0 spiro atoms. The lowest BCUT2D eigenvalue weighted by Gasteiger charge is -2.17. The molecule has 1 amide bonds. The molecule has 2 heterocycles. The molecule has 1 aliphatic heterocycles. The molecule has 0 fully saturated rings. The lowest BCUT2D eigenvalue weighted by atomic mass is 9.85. The van der Waals surface area contributed by atoms with E-state index in [0.29, 0.717) is 8.67 Å². The monoisotopic (exact) mass is 403 g/mol. The highest BCUT2D eigenvalue weighted by atomic mass is 79.9. The summed E-state index contributed by atoms with van der Waals surface area (Å²) in [6, 6.07) is 7.85. The van der Waals surface area contributed by atoms with Crippen LogP contribution < -0.4 is 5.32 Å². The third-order valence-electron chi connectivity index (χ3n) is 3.78. The Bertz CT molecular complexity index is 741. The molecule has 0 saturated heterocycles. The zero-order valence-corrected chi connectivity index (χ0v) is 15.3. The highest BCUT2D eigenvalue weighted by molar-refractivity contribution is 9.09. The molecule has 21 heavy (non-hydrogen) atoms. The van der Waals surface area contributed by atoms with Crippen molar-refractivity contribution in [3.63, 3.8) is 0 Å². The fourth-order valence-electron chi connectivity index (χ4n) is 2.45. The van der Waals surface area contributed by atoms with E-state index in [0.717, 1.165) is 22.4 Å². The molecule has 0 saturated carbocycles. The summed E-state index contributed by atoms with van der Waals surface area (Å²) in [4.78, 5) is 12.0. The molecular formula is C15H12BrCl2NOS. The van der Waals surface area contributed by atoms with Crippen molar-refractivity contribution in [2.45, 2.75) is 24.1 Å². The minimum absolute atomic E-state index is 0.0254. The summed E-state index contributed by atoms with van der Waals surface area (Å²) in [5, 5.41) is 2.91. The van der Waals surface area contributed by atoms with Gasteiger partial charge in [0, 0.05) is 11.3 Å². The SMILES string of the molecule is CC1(C)C(=O)Nc2ccc(C(Br)c3cc(Cl)sc3Cl)cc21. The van der Waals surface area contributed by atoms with E-state index in [4.69, 9.17) is 23.2 Å². The van der Waals surface area contributed by atoms with E-state index in [2.05, 4.69) is 27.3 Å². The second kappa shape index (κ2) is 5.27. The molecule has 2 nitrogen and oxygen atoms in total. The van der Waals surface area contributed by atoms with Gasteiger partial charge in [-0.1, -0.05) is 51.3 Å². The number of hydrogen-bond acceptors (Lipinski definition) is 2. The van der Waals surface area contributed by atoms with Gasteiger partial charge in [0.25, 0.3) is 0 Å². The van der Waals surface area contributed by atoms with E-state index in [1.807, 2.05) is 32.0 Å². The number of rotatable bonds is 2. The molecule has 3 rings (SSSR count). The van der Waals surface area contributed by atoms with Crippen LogP contribution in [0.5, 0.6) is 0 Å². The number of nitrogens with one attached hydrogen (secondary N) is 1. The summed E-state index contributed by atoms with van der Waals surface area (Å²) >= 11 is 17.3. The van der Waals surface area contributed by atoms with Gasteiger partial charge in [0.1, 0.15) is 0 Å². The van der Waals surface area contributed by atoms with Crippen molar-refractivity contribution < 1.29 is 4.79 Å². The number of fused-ring (bicyclic) bond motifs is 1. The van der Waals surface area contributed by atoms with Gasteiger partial charge in [0.05, 0.1) is 18.9 Å². The van der Waals surface area contributed by atoms with Gasteiger partial charge in [0.2, 0.25) is 5.91 Å². The van der Waals surface area contributed by atoms with E-state index >= 15 is 0 Å². The minimum atomic E-state index is -0.520. The van der Waals surface area contributed by atoms with Crippen LogP contribution in [0.15, 0.2) is 24.3 Å². The van der Waals surface area contributed by atoms with Crippen LogP contribution in [0.1, 0.15) is 35.4 Å². The second-order valence-corrected chi connectivity index (χ2v) is 8.73. The number of benzene rings is 1. The van der Waals surface area contributed by atoms with Crippen LogP contribution in [-0.2, 0) is 10.2 Å². The van der Waals surface area contributed by atoms with Crippen LogP contribution in [-0.4, -0.2) is 5.91 Å². The van der Waals surface area contributed by atoms with E-state index < -0.39 is 5.41 Å². The van der Waals surface area contributed by atoms with Crippen molar-refractivity contribution in [3.8, 4) is 0 Å². The Kier molecular flexibility index (Phi) is 3.85. The Hall–Kier alpha value is -0.550. The van der Waals surface area contributed by atoms with Crippen LogP contribution in [0.2, 0.25) is 8.67 Å². The standard InChI is InChI=1S/C15H12BrCl2NOS/c1-15(2)9-5-7(3-4-10(9)19-14(15)20)12(16)8-6-11(17)21-13(8)18/h3-6,12H,1-2H3,(H,19,20). The van der Waals surface area contributed by atoms with Gasteiger partial charge in [-0.3, -0.25) is 4.79 Å². The smallest absolute Gasteiger partial charge is 0.234 e. The number of thiophene rings is 1. The fraction of sp³-hybridized carbons (Fsp3) is 0.267. The van der Waals surface area contributed by atoms with Crippen molar-refractivity contribution in [2.75, 3.05) is 5.32 Å². The second-order valence-electron chi connectivity index (χ2n) is 5.53. The zero-order valence-electron chi connectivity index (χ0n) is 11.3. The Labute approximate surface area is 145 Å². The summed E-state index contributed by atoms with van der Waals surface area (Å²) in [5.74, 6) is 0.0254. The van der Waals surface area contributed by atoms with E-state index in [-0.39, 0.29) is 10.7 Å². The number of halogens is 3. The predicted octanol–water partition coefficient (Wildman–Crippen LogP) is 5.77. The van der Waals surface area contributed by atoms with E-state index in [1.165, 1.54) is 11.3 Å². The minimum Gasteiger partial charge on any atom is -0.325 e. The van der Waals surface area contributed by atoms with Gasteiger partial charge < -0.3 is 5.32 Å². The summed E-state index contributed by atoms with van der Waals surface area (Å²) in [5.41, 5.74) is 3.36. The van der Waals surface area contributed by atoms with Crippen molar-refractivity contribution >= 4 is 62.1 Å². The third kappa shape index (κ3) is 2.52. The fourth-order valence-corrected chi connectivity index (χ4v) is 4.91. The number of anilines is 1. The van der Waals surface area contributed by atoms with E-state index in [1.54, 1.807) is 0 Å². The van der Waals surface area contributed by atoms with E-state index in [9.17, 15) is 4.79 Å². The normalized spacial score (nSPS) is 17.5. The van der Waals surface area contributed by atoms with Gasteiger partial charge in [-0.25, -0.2) is 0 Å². The highest BCUT2D eigenvalue weighted by Crippen LogP contribution is 2.44. The Balaban J connectivity index is 2.04. The van der Waals surface area contributed by atoms with Crippen molar-refractivity contribution in [1.82, 2.24) is 0 Å². The number of carbonyl (C=O) groups is 1. The number of hydrogen-bond donors (Lipinski definition) is 1. The zero-order chi connectivity index (χ0) is 15.4. The maximum absolute atomic E-state index is 12.0. The average Bonchev–Trinajstić information content (AvgIpc) is 2.87. The Morgan fingerprint density at radius 3 is 2.62 bits per heavy atom. The van der Waals surface area contributed by atoms with Crippen LogP contribution in [0.4, 0.5) is 5.69 Å². The van der Waals surface area contributed by atoms with Crippen LogP contribution >= 0.6 is 50.5 Å². The summed E-state index contributed by atoms with van der Waals surface area (Å²) in [6.07, 6.45) is 0. The molecule has 2 aromatic rings. The molecule has 1 N–H and O–H groups in total. The van der Waals surface area contributed by atoms with Crippen molar-refractivity contribution in [2.24, 2.45) is 0 Å². The lowest BCUT2D eigenvalue weighted by Crippen LogP contribution is -2.26. The van der Waals surface area contributed by atoms with Gasteiger partial charge in [0.15, 0.2) is 0 Å². The van der Waals surface area contributed by atoms with Crippen molar-refractivity contribution in [1.29, 1.82) is 0 Å². The molecule has 1 aromatic carbocycles. The molecule has 1 aromatic heterocycles. The largest absolute Gasteiger partial charge is 0.325 e. The number of amides is 1. The first-order valence-electron chi connectivity index (χ1n) is 6.35. The molecule has 0 bridgehead atoms. The van der Waals surface area contributed by atoms with Gasteiger partial charge in [-0.15, -0.1) is 11.3 Å². The Morgan fingerprint density at radius 1 is 1.29 bits per heavy atom. The maximum Gasteiger partial charge on any atom is 0.234 e. The van der Waals surface area contributed by atoms with Crippen LogP contribution in [0, 0.1) is 0 Å². The molecule has 1 atom stereocenters. The topological polar surface area (TPSA) is 29.1 Å². The summed E-state index contributed by atoms with van der Waals surface area (Å²) < 4.78 is 1.34. The Morgan fingerprint density at radius 2 is 2.00 bits per heavy atom. The van der Waals surface area contributed by atoms with Crippen LogP contribution in [0.25, 0.3) is 0 Å². The molecule has 1 unspecified atom stereocenters. The number of carbonyl (C=O) groups excluding carboxylic acids is 1. The van der Waals surface area contributed by atoms with Gasteiger partial charge in [-0.05, 0) is 37.1 Å². The van der Waals surface area contributed by atoms with Gasteiger partial charge in [-0.2, -0.15) is 0 Å².